The van der Waals surface area contributed by atoms with Gasteiger partial charge >= 0.3 is 0 Å². The van der Waals surface area contributed by atoms with Gasteiger partial charge < -0.3 is 10.2 Å². The third kappa shape index (κ3) is 3.26. The van der Waals surface area contributed by atoms with Crippen LogP contribution in [0.15, 0.2) is 12.3 Å². The fourth-order valence-electron chi connectivity index (χ4n) is 2.36. The molecule has 1 amide bonds. The van der Waals surface area contributed by atoms with Crippen LogP contribution in [-0.4, -0.2) is 35.4 Å². The van der Waals surface area contributed by atoms with Crippen molar-refractivity contribution in [3.05, 3.63) is 23.6 Å². The number of halogens is 1. The molecule has 5 heteroatoms. The predicted molar refractivity (Wildman–Crippen MR) is 77.3 cm³/mol. The summed E-state index contributed by atoms with van der Waals surface area (Å²) in [6, 6.07) is 1.47. The maximum atomic E-state index is 14.3. The van der Waals surface area contributed by atoms with Crippen LogP contribution in [0.3, 0.4) is 0 Å². The summed E-state index contributed by atoms with van der Waals surface area (Å²) >= 11 is 0. The van der Waals surface area contributed by atoms with Gasteiger partial charge in [-0.25, -0.2) is 9.37 Å². The van der Waals surface area contributed by atoms with Crippen LogP contribution in [0.5, 0.6) is 0 Å². The molecule has 0 spiro atoms. The molecule has 0 bridgehead atoms. The Balaban J connectivity index is 2.13. The largest absolute Gasteiger partial charge is 0.368 e. The number of likely N-dealkylation sites (tertiary alicyclic amines) is 1. The molecular weight excluding hydrogens is 257 g/mol. The number of carbonyl (C=O) groups is 1. The van der Waals surface area contributed by atoms with Gasteiger partial charge in [-0.1, -0.05) is 13.8 Å². The van der Waals surface area contributed by atoms with Gasteiger partial charge in [-0.05, 0) is 31.2 Å². The first-order valence-electron chi connectivity index (χ1n) is 7.31. The molecule has 0 aliphatic carbocycles. The molecule has 1 saturated heterocycles. The molecule has 0 saturated carbocycles. The first kappa shape index (κ1) is 14.8. The highest BCUT2D eigenvalue weighted by molar-refractivity contribution is 5.95. The number of hydrogen-bond donors (Lipinski definition) is 1. The number of hydrogen-bond acceptors (Lipinski definition) is 3. The molecule has 1 N–H and O–H groups in total. The van der Waals surface area contributed by atoms with E-state index < -0.39 is 5.82 Å². The Morgan fingerprint density at radius 3 is 2.85 bits per heavy atom. The normalized spacial score (nSPS) is 16.2. The molecular formula is C15H22FN3O. The van der Waals surface area contributed by atoms with Crippen LogP contribution >= 0.6 is 0 Å². The summed E-state index contributed by atoms with van der Waals surface area (Å²) in [7, 11) is 0. The third-order valence-electron chi connectivity index (χ3n) is 3.73. The molecule has 1 aromatic rings. The lowest BCUT2D eigenvalue weighted by atomic mass is 9.98. The number of piperidine rings is 1. The van der Waals surface area contributed by atoms with E-state index >= 15 is 0 Å². The van der Waals surface area contributed by atoms with E-state index in [4.69, 9.17) is 0 Å². The highest BCUT2D eigenvalue weighted by Crippen LogP contribution is 2.21. The number of amides is 1. The number of pyridine rings is 1. The monoisotopic (exact) mass is 279 g/mol. The van der Waals surface area contributed by atoms with E-state index in [2.05, 4.69) is 17.2 Å². The number of rotatable bonds is 4. The third-order valence-corrected chi connectivity index (χ3v) is 3.73. The van der Waals surface area contributed by atoms with Gasteiger partial charge in [0, 0.05) is 25.8 Å². The minimum absolute atomic E-state index is 0.119. The van der Waals surface area contributed by atoms with Gasteiger partial charge in [0.1, 0.15) is 0 Å². The van der Waals surface area contributed by atoms with E-state index in [1.807, 2.05) is 6.92 Å². The van der Waals surface area contributed by atoms with E-state index in [0.29, 0.717) is 25.6 Å². The maximum absolute atomic E-state index is 14.3. The van der Waals surface area contributed by atoms with Gasteiger partial charge in [-0.15, -0.1) is 0 Å². The molecule has 110 valence electrons. The highest BCUT2D eigenvalue weighted by Gasteiger charge is 2.24. The second-order valence-electron chi connectivity index (χ2n) is 5.42. The zero-order valence-electron chi connectivity index (χ0n) is 12.2. The second kappa shape index (κ2) is 6.68. The number of nitrogens with zero attached hydrogens (tertiary/aromatic N) is 2. The summed E-state index contributed by atoms with van der Waals surface area (Å²) in [6.07, 6.45) is 4.34. The Morgan fingerprint density at radius 1 is 1.50 bits per heavy atom. The molecule has 0 aromatic carbocycles. The zero-order chi connectivity index (χ0) is 14.5. The van der Waals surface area contributed by atoms with Crippen LogP contribution in [0.1, 0.15) is 43.5 Å². The Bertz CT molecular complexity index is 470. The summed E-state index contributed by atoms with van der Waals surface area (Å²) in [6.45, 7) is 6.23. The zero-order valence-corrected chi connectivity index (χ0v) is 12.2. The quantitative estimate of drug-likeness (QED) is 0.921. The topological polar surface area (TPSA) is 45.2 Å². The molecule has 20 heavy (non-hydrogen) atoms. The van der Waals surface area contributed by atoms with Crippen LogP contribution in [-0.2, 0) is 0 Å². The lowest BCUT2D eigenvalue weighted by molar-refractivity contribution is 0.0692. The lowest BCUT2D eigenvalue weighted by Gasteiger charge is -2.30. The van der Waals surface area contributed by atoms with Crippen molar-refractivity contribution in [2.45, 2.75) is 33.1 Å². The summed E-state index contributed by atoms with van der Waals surface area (Å²) in [5, 5.41) is 2.91. The summed E-state index contributed by atoms with van der Waals surface area (Å²) in [5.41, 5.74) is 0.119. The minimum Gasteiger partial charge on any atom is -0.368 e. The van der Waals surface area contributed by atoms with Gasteiger partial charge in [0.05, 0.1) is 5.56 Å². The Morgan fingerprint density at radius 2 is 2.20 bits per heavy atom. The van der Waals surface area contributed by atoms with E-state index in [0.717, 1.165) is 19.3 Å². The molecule has 2 rings (SSSR count). The molecule has 1 aromatic heterocycles. The second-order valence-corrected chi connectivity index (χ2v) is 5.42. The van der Waals surface area contributed by atoms with Gasteiger partial charge in [-0.3, -0.25) is 4.79 Å². The Labute approximate surface area is 119 Å². The van der Waals surface area contributed by atoms with Crippen molar-refractivity contribution in [2.75, 3.05) is 25.0 Å². The number of anilines is 1. The summed E-state index contributed by atoms with van der Waals surface area (Å²) < 4.78 is 14.3. The molecule has 1 aliphatic heterocycles. The standard InChI is InChI=1S/C15H22FN3O/c1-3-7-17-14-13(16)12(4-8-18-14)15(20)19-9-5-11(2)6-10-19/h4,8,11H,3,5-7,9-10H2,1-2H3,(H,17,18). The van der Waals surface area contributed by atoms with Crippen molar-refractivity contribution in [1.29, 1.82) is 0 Å². The van der Waals surface area contributed by atoms with Crippen LogP contribution < -0.4 is 5.32 Å². The van der Waals surface area contributed by atoms with Crippen LogP contribution in [0.2, 0.25) is 0 Å². The van der Waals surface area contributed by atoms with Gasteiger partial charge in [-0.2, -0.15) is 0 Å². The Hall–Kier alpha value is -1.65. The number of carbonyl (C=O) groups excluding carboxylic acids is 1. The smallest absolute Gasteiger partial charge is 0.257 e. The van der Waals surface area contributed by atoms with Gasteiger partial charge in [0.2, 0.25) is 0 Å². The first-order chi connectivity index (χ1) is 9.63. The van der Waals surface area contributed by atoms with Crippen LogP contribution in [0.25, 0.3) is 0 Å². The molecule has 0 atom stereocenters. The maximum Gasteiger partial charge on any atom is 0.257 e. The van der Waals surface area contributed by atoms with Crippen LogP contribution in [0.4, 0.5) is 10.2 Å². The molecule has 1 fully saturated rings. The Kier molecular flexibility index (Phi) is 4.93. The fourth-order valence-corrected chi connectivity index (χ4v) is 2.36. The number of aromatic nitrogens is 1. The van der Waals surface area contributed by atoms with Crippen LogP contribution in [0, 0.1) is 11.7 Å². The molecule has 4 nitrogen and oxygen atoms in total. The first-order valence-corrected chi connectivity index (χ1v) is 7.31. The van der Waals surface area contributed by atoms with E-state index in [1.165, 1.54) is 12.3 Å². The number of nitrogens with one attached hydrogen (secondary N) is 1. The van der Waals surface area contributed by atoms with Crippen molar-refractivity contribution in [3.8, 4) is 0 Å². The van der Waals surface area contributed by atoms with Crippen molar-refractivity contribution >= 4 is 11.7 Å². The predicted octanol–water partition coefficient (Wildman–Crippen LogP) is 2.91. The average molecular weight is 279 g/mol. The minimum atomic E-state index is -0.537. The molecule has 1 aliphatic rings. The fraction of sp³-hybridized carbons (Fsp3) is 0.600. The summed E-state index contributed by atoms with van der Waals surface area (Å²) in [5.74, 6) is 0.0483. The van der Waals surface area contributed by atoms with Crippen molar-refractivity contribution in [1.82, 2.24) is 9.88 Å². The summed E-state index contributed by atoms with van der Waals surface area (Å²) in [4.78, 5) is 18.1. The highest BCUT2D eigenvalue weighted by atomic mass is 19.1. The van der Waals surface area contributed by atoms with Crippen molar-refractivity contribution < 1.29 is 9.18 Å². The van der Waals surface area contributed by atoms with Crippen molar-refractivity contribution in [3.63, 3.8) is 0 Å². The SMILES string of the molecule is CCCNc1nccc(C(=O)N2CCC(C)CC2)c1F. The molecule has 0 unspecified atom stereocenters. The van der Waals surface area contributed by atoms with E-state index in [-0.39, 0.29) is 17.3 Å². The van der Waals surface area contributed by atoms with Gasteiger partial charge in [0.25, 0.3) is 5.91 Å². The lowest BCUT2D eigenvalue weighted by Crippen LogP contribution is -2.38. The molecule has 0 radical (unpaired) electrons. The van der Waals surface area contributed by atoms with Gasteiger partial charge in [0.15, 0.2) is 11.6 Å². The van der Waals surface area contributed by atoms with Crippen molar-refractivity contribution in [2.24, 2.45) is 5.92 Å². The van der Waals surface area contributed by atoms with E-state index in [9.17, 15) is 9.18 Å². The average Bonchev–Trinajstić information content (AvgIpc) is 2.46. The van der Waals surface area contributed by atoms with E-state index in [1.54, 1.807) is 4.90 Å². The molecule has 2 heterocycles.